The van der Waals surface area contributed by atoms with Crippen LogP contribution in [0.3, 0.4) is 0 Å². The van der Waals surface area contributed by atoms with E-state index in [2.05, 4.69) is 17.1 Å². The van der Waals surface area contributed by atoms with Crippen LogP contribution in [-0.2, 0) is 9.53 Å². The number of carbonyl (C=O) groups is 2. The summed E-state index contributed by atoms with van der Waals surface area (Å²) in [5, 5.41) is 3.57. The minimum atomic E-state index is -0.394. The second-order valence-electron chi connectivity index (χ2n) is 7.69. The molecule has 5 nitrogen and oxygen atoms in total. The molecule has 0 bridgehead atoms. The van der Waals surface area contributed by atoms with Gasteiger partial charge in [0.25, 0.3) is 0 Å². The third-order valence-electron chi connectivity index (χ3n) is 5.44. The van der Waals surface area contributed by atoms with Crippen molar-refractivity contribution in [1.82, 2.24) is 4.90 Å². The van der Waals surface area contributed by atoms with Gasteiger partial charge < -0.3 is 10.1 Å². The van der Waals surface area contributed by atoms with Gasteiger partial charge in [-0.05, 0) is 52.6 Å². The molecule has 29 heavy (non-hydrogen) atoms. The van der Waals surface area contributed by atoms with Gasteiger partial charge >= 0.3 is 5.97 Å². The minimum absolute atomic E-state index is 0.0824. The number of rotatable bonds is 6. The monoisotopic (exact) mass is 414 g/mol. The molecule has 1 aliphatic heterocycles. The van der Waals surface area contributed by atoms with E-state index >= 15 is 0 Å². The molecule has 1 amide bonds. The van der Waals surface area contributed by atoms with Gasteiger partial charge in [0.2, 0.25) is 5.91 Å². The summed E-state index contributed by atoms with van der Waals surface area (Å²) in [5.74, 6) is -0.477. The Morgan fingerprint density at radius 3 is 2.59 bits per heavy atom. The Hall–Kier alpha value is -2.18. The van der Waals surface area contributed by atoms with Gasteiger partial charge in [0.1, 0.15) is 10.6 Å². The van der Waals surface area contributed by atoms with E-state index in [0.717, 1.165) is 41.0 Å². The Bertz CT molecular complexity index is 873. The summed E-state index contributed by atoms with van der Waals surface area (Å²) in [6.07, 6.45) is 3.47. The van der Waals surface area contributed by atoms with Crippen molar-refractivity contribution < 1.29 is 14.3 Å². The summed E-state index contributed by atoms with van der Waals surface area (Å²) in [6, 6.07) is 8.48. The molecular weight excluding hydrogens is 384 g/mol. The molecule has 0 unspecified atom stereocenters. The van der Waals surface area contributed by atoms with Gasteiger partial charge in [-0.3, -0.25) is 9.69 Å². The van der Waals surface area contributed by atoms with Crippen LogP contribution in [0.5, 0.6) is 0 Å². The number of amides is 1. The number of piperidine rings is 1. The van der Waals surface area contributed by atoms with Gasteiger partial charge in [-0.2, -0.15) is 0 Å². The van der Waals surface area contributed by atoms with Crippen LogP contribution in [0.2, 0.25) is 0 Å². The lowest BCUT2D eigenvalue weighted by Crippen LogP contribution is -2.42. The van der Waals surface area contributed by atoms with Crippen LogP contribution in [0.1, 0.15) is 53.9 Å². The standard InChI is InChI=1S/C23H30N2O3S/c1-5-28-23(27)21-20(18-11-9-15(2)10-12-18)17(4)29-22(21)24-19(26)14-25-13-7-6-8-16(25)3/h9-12,16H,5-8,13-14H2,1-4H3,(H,24,26)/t16-/m1/s1. The molecule has 1 saturated heterocycles. The Morgan fingerprint density at radius 1 is 1.21 bits per heavy atom. The zero-order valence-corrected chi connectivity index (χ0v) is 18.5. The van der Waals surface area contributed by atoms with Gasteiger partial charge in [0, 0.05) is 16.5 Å². The molecule has 156 valence electrons. The zero-order chi connectivity index (χ0) is 21.0. The highest BCUT2D eigenvalue weighted by Gasteiger charge is 2.27. The lowest BCUT2D eigenvalue weighted by molar-refractivity contribution is -0.118. The first kappa shape index (κ1) is 21.5. The highest BCUT2D eigenvalue weighted by atomic mass is 32.1. The van der Waals surface area contributed by atoms with Crippen molar-refractivity contribution in [2.24, 2.45) is 0 Å². The van der Waals surface area contributed by atoms with Crippen LogP contribution in [0.25, 0.3) is 11.1 Å². The van der Waals surface area contributed by atoms with Gasteiger partial charge in [-0.1, -0.05) is 36.2 Å². The van der Waals surface area contributed by atoms with E-state index in [9.17, 15) is 9.59 Å². The molecule has 1 aliphatic rings. The number of hydrogen-bond acceptors (Lipinski definition) is 5. The molecule has 2 heterocycles. The van der Waals surface area contributed by atoms with Crippen molar-refractivity contribution in [1.29, 1.82) is 0 Å². The fourth-order valence-corrected chi connectivity index (χ4v) is 4.92. The Morgan fingerprint density at radius 2 is 1.93 bits per heavy atom. The fraction of sp³-hybridized carbons (Fsp3) is 0.478. The lowest BCUT2D eigenvalue weighted by Gasteiger charge is -2.32. The SMILES string of the molecule is CCOC(=O)c1c(NC(=O)CN2CCCC[C@H]2C)sc(C)c1-c1ccc(C)cc1. The van der Waals surface area contributed by atoms with Crippen molar-refractivity contribution in [2.75, 3.05) is 25.0 Å². The van der Waals surface area contributed by atoms with Crippen LogP contribution in [0.4, 0.5) is 5.00 Å². The van der Waals surface area contributed by atoms with Crippen molar-refractivity contribution >= 4 is 28.2 Å². The van der Waals surface area contributed by atoms with Crippen LogP contribution in [0.15, 0.2) is 24.3 Å². The number of nitrogens with one attached hydrogen (secondary N) is 1. The Kier molecular flexibility index (Phi) is 7.09. The van der Waals surface area contributed by atoms with Crippen LogP contribution in [-0.4, -0.2) is 42.5 Å². The average molecular weight is 415 g/mol. The second-order valence-corrected chi connectivity index (χ2v) is 8.91. The number of nitrogens with zero attached hydrogens (tertiary/aromatic N) is 1. The minimum Gasteiger partial charge on any atom is -0.462 e. The molecule has 0 spiro atoms. The zero-order valence-electron chi connectivity index (χ0n) is 17.7. The third kappa shape index (κ3) is 5.06. The highest BCUT2D eigenvalue weighted by Crippen LogP contribution is 2.40. The summed E-state index contributed by atoms with van der Waals surface area (Å²) in [4.78, 5) is 28.7. The largest absolute Gasteiger partial charge is 0.462 e. The van der Waals surface area contributed by atoms with E-state index in [0.29, 0.717) is 29.8 Å². The van der Waals surface area contributed by atoms with Gasteiger partial charge in [0.15, 0.2) is 0 Å². The van der Waals surface area contributed by atoms with Crippen molar-refractivity contribution in [2.45, 2.75) is 53.0 Å². The highest BCUT2D eigenvalue weighted by molar-refractivity contribution is 7.17. The number of ether oxygens (including phenoxy) is 1. The molecule has 6 heteroatoms. The van der Waals surface area contributed by atoms with Crippen LogP contribution in [0, 0.1) is 13.8 Å². The number of benzene rings is 1. The van der Waals surface area contributed by atoms with E-state index in [1.165, 1.54) is 17.8 Å². The van der Waals surface area contributed by atoms with E-state index in [1.807, 2.05) is 38.1 Å². The molecular formula is C23H30N2O3S. The Balaban J connectivity index is 1.89. The smallest absolute Gasteiger partial charge is 0.341 e. The normalized spacial score (nSPS) is 17.2. The van der Waals surface area contributed by atoms with Gasteiger partial charge in [0.05, 0.1) is 13.2 Å². The predicted molar refractivity (Wildman–Crippen MR) is 119 cm³/mol. The number of hydrogen-bond donors (Lipinski definition) is 1. The molecule has 1 aromatic carbocycles. The maximum Gasteiger partial charge on any atom is 0.341 e. The van der Waals surface area contributed by atoms with Crippen molar-refractivity contribution in [3.8, 4) is 11.1 Å². The number of carbonyl (C=O) groups excluding carboxylic acids is 2. The number of thiophene rings is 1. The fourth-order valence-electron chi connectivity index (χ4n) is 3.84. The molecule has 2 aromatic rings. The second kappa shape index (κ2) is 9.55. The number of likely N-dealkylation sites (tertiary alicyclic amines) is 1. The van der Waals surface area contributed by atoms with Crippen molar-refractivity contribution in [3.63, 3.8) is 0 Å². The molecule has 0 saturated carbocycles. The summed E-state index contributed by atoms with van der Waals surface area (Å²) < 4.78 is 5.32. The van der Waals surface area contributed by atoms with Gasteiger partial charge in [-0.25, -0.2) is 4.79 Å². The first-order valence-electron chi connectivity index (χ1n) is 10.3. The van der Waals surface area contributed by atoms with Crippen LogP contribution < -0.4 is 5.32 Å². The molecule has 1 fully saturated rings. The molecule has 1 atom stereocenters. The first-order chi connectivity index (χ1) is 13.9. The summed E-state index contributed by atoms with van der Waals surface area (Å²) in [7, 11) is 0. The Labute approximate surface area is 177 Å². The number of anilines is 1. The maximum atomic E-state index is 12.8. The summed E-state index contributed by atoms with van der Waals surface area (Å²) in [6.45, 7) is 9.55. The molecule has 0 radical (unpaired) electrons. The number of aryl methyl sites for hydroxylation is 2. The lowest BCUT2D eigenvalue weighted by atomic mass is 10.0. The summed E-state index contributed by atoms with van der Waals surface area (Å²) >= 11 is 1.43. The quantitative estimate of drug-likeness (QED) is 0.674. The topological polar surface area (TPSA) is 58.6 Å². The average Bonchev–Trinajstić information content (AvgIpc) is 3.00. The van der Waals surface area contributed by atoms with Crippen molar-refractivity contribution in [3.05, 3.63) is 40.3 Å². The molecule has 3 rings (SSSR count). The van der Waals surface area contributed by atoms with E-state index < -0.39 is 5.97 Å². The van der Waals surface area contributed by atoms with E-state index in [1.54, 1.807) is 6.92 Å². The predicted octanol–water partition coefficient (Wildman–Crippen LogP) is 5.02. The molecule has 1 N–H and O–H groups in total. The maximum absolute atomic E-state index is 12.8. The number of esters is 1. The van der Waals surface area contributed by atoms with Gasteiger partial charge in [-0.15, -0.1) is 11.3 Å². The summed E-state index contributed by atoms with van der Waals surface area (Å²) in [5.41, 5.74) is 3.41. The molecule has 0 aliphatic carbocycles. The third-order valence-corrected chi connectivity index (χ3v) is 6.46. The van der Waals surface area contributed by atoms with E-state index in [4.69, 9.17) is 4.74 Å². The molecule has 1 aromatic heterocycles. The van der Waals surface area contributed by atoms with Crippen LogP contribution >= 0.6 is 11.3 Å². The first-order valence-corrected chi connectivity index (χ1v) is 11.1. The van der Waals surface area contributed by atoms with E-state index in [-0.39, 0.29) is 5.91 Å².